The fourth-order valence-corrected chi connectivity index (χ4v) is 8.27. The molecule has 0 fully saturated rings. The van der Waals surface area contributed by atoms with Gasteiger partial charge in [0.2, 0.25) is 23.6 Å². The minimum atomic E-state index is -1.43. The average molecular weight is 923 g/mol. The molecule has 1 aliphatic heterocycles. The monoisotopic (exact) mass is 922 g/mol. The molecule has 19 heteroatoms. The van der Waals surface area contributed by atoms with Crippen LogP contribution < -0.4 is 38.5 Å². The van der Waals surface area contributed by atoms with Gasteiger partial charge < -0.3 is 29.9 Å². The van der Waals surface area contributed by atoms with Crippen LogP contribution in [0.1, 0.15) is 11.1 Å². The molecule has 1 heterocycles. The number of carbonyl (C=O) groups excluding carboxylic acids is 4. The van der Waals surface area contributed by atoms with Crippen molar-refractivity contribution in [2.45, 2.75) is 24.9 Å². The number of nitrogens with zero attached hydrogens (tertiary/aromatic N) is 4. The van der Waals surface area contributed by atoms with E-state index in [0.717, 1.165) is 46.2 Å². The van der Waals surface area contributed by atoms with Gasteiger partial charge in [-0.3, -0.25) is 27.8 Å². The Bertz CT molecular complexity index is 2260. The average Bonchev–Trinajstić information content (AvgIpc) is 3.61. The van der Waals surface area contributed by atoms with Gasteiger partial charge >= 0.3 is 0 Å². The van der Waals surface area contributed by atoms with E-state index in [-0.39, 0.29) is 35.3 Å². The summed E-state index contributed by atoms with van der Waals surface area (Å²) in [6, 6.07) is 21.6. The number of halogens is 6. The normalized spacial score (nSPS) is 12.8. The van der Waals surface area contributed by atoms with Crippen molar-refractivity contribution < 1.29 is 55.0 Å². The van der Waals surface area contributed by atoms with E-state index >= 15 is 0 Å². The van der Waals surface area contributed by atoms with Crippen molar-refractivity contribution in [3.63, 3.8) is 0 Å². The molecule has 0 radical (unpaired) electrons. The SMILES string of the molecule is COc1ccc(N(CCF)C(=O)[C@H](Cc2cc(F)cc(F)c2)NC(=O)CN2SN(CC(=O)N[C@@H](Cc3cc(F)cc(F)c3)C(=O)N(CCF)c3ccc(OC)cc3)c3ccccc32)cc1. The van der Waals surface area contributed by atoms with Crippen LogP contribution in [0.4, 0.5) is 49.1 Å². The van der Waals surface area contributed by atoms with E-state index in [1.807, 2.05) is 0 Å². The highest BCUT2D eigenvalue weighted by Crippen LogP contribution is 2.44. The third kappa shape index (κ3) is 12.4. The van der Waals surface area contributed by atoms with Gasteiger partial charge in [0.25, 0.3) is 0 Å². The summed E-state index contributed by atoms with van der Waals surface area (Å²) >= 11 is 0.945. The lowest BCUT2D eigenvalue weighted by Crippen LogP contribution is -2.52. The van der Waals surface area contributed by atoms with Crippen LogP contribution in [0, 0.1) is 23.3 Å². The third-order valence-corrected chi connectivity index (χ3v) is 11.1. The number of para-hydroxylation sites is 2. The summed E-state index contributed by atoms with van der Waals surface area (Å²) in [6.45, 7) is -3.54. The van der Waals surface area contributed by atoms with Gasteiger partial charge in [-0.2, -0.15) is 0 Å². The minimum absolute atomic E-state index is 0.0466. The molecule has 5 aromatic rings. The summed E-state index contributed by atoms with van der Waals surface area (Å²) < 4.78 is 98.5. The first-order valence-corrected chi connectivity index (χ1v) is 20.9. The summed E-state index contributed by atoms with van der Waals surface area (Å²) in [6.07, 6.45) is -0.727. The Morgan fingerprint density at radius 2 is 0.923 bits per heavy atom. The zero-order valence-corrected chi connectivity index (χ0v) is 35.9. The lowest BCUT2D eigenvalue weighted by molar-refractivity contribution is -0.126. The molecule has 2 atom stereocenters. The van der Waals surface area contributed by atoms with Crippen molar-refractivity contribution in [2.75, 3.05) is 72.2 Å². The molecule has 6 rings (SSSR count). The van der Waals surface area contributed by atoms with Crippen LogP contribution in [-0.2, 0) is 32.0 Å². The van der Waals surface area contributed by atoms with Gasteiger partial charge in [0.05, 0.1) is 50.8 Å². The molecule has 0 bridgehead atoms. The molecule has 12 nitrogen and oxygen atoms in total. The summed E-state index contributed by atoms with van der Waals surface area (Å²) in [7, 11) is 2.90. The number of benzene rings is 5. The number of fused-ring (bicyclic) bond motifs is 1. The van der Waals surface area contributed by atoms with Crippen molar-refractivity contribution in [3.05, 3.63) is 144 Å². The largest absolute Gasteiger partial charge is 0.497 e. The predicted molar refractivity (Wildman–Crippen MR) is 235 cm³/mol. The molecular formula is C46H44F6N6O6S. The molecule has 0 saturated carbocycles. The molecule has 0 saturated heterocycles. The second-order valence-corrected chi connectivity index (χ2v) is 15.6. The Balaban J connectivity index is 1.21. The van der Waals surface area contributed by atoms with Gasteiger partial charge in [0, 0.05) is 36.3 Å². The Kier molecular flexibility index (Phi) is 16.2. The fourth-order valence-electron chi connectivity index (χ4n) is 7.19. The smallest absolute Gasteiger partial charge is 0.249 e. The van der Waals surface area contributed by atoms with Crippen molar-refractivity contribution in [1.29, 1.82) is 0 Å². The van der Waals surface area contributed by atoms with E-state index in [4.69, 9.17) is 9.47 Å². The predicted octanol–water partition coefficient (Wildman–Crippen LogP) is 6.91. The number of methoxy groups -OCH3 is 2. The van der Waals surface area contributed by atoms with Crippen LogP contribution in [0.5, 0.6) is 11.5 Å². The number of carbonyl (C=O) groups is 4. The Labute approximate surface area is 375 Å². The number of alkyl halides is 2. The van der Waals surface area contributed by atoms with Gasteiger partial charge in [0.1, 0.15) is 73.3 Å². The number of nitrogens with one attached hydrogen (secondary N) is 2. The molecule has 342 valence electrons. The lowest BCUT2D eigenvalue weighted by atomic mass is 10.0. The van der Waals surface area contributed by atoms with E-state index in [0.29, 0.717) is 35.0 Å². The maximum absolute atomic E-state index is 14.3. The maximum Gasteiger partial charge on any atom is 0.249 e. The maximum atomic E-state index is 14.3. The van der Waals surface area contributed by atoms with Crippen LogP contribution >= 0.6 is 12.1 Å². The zero-order valence-electron chi connectivity index (χ0n) is 35.1. The van der Waals surface area contributed by atoms with Crippen molar-refractivity contribution in [3.8, 4) is 11.5 Å². The Morgan fingerprint density at radius 3 is 1.25 bits per heavy atom. The number of amides is 4. The molecule has 2 N–H and O–H groups in total. The van der Waals surface area contributed by atoms with E-state index in [9.17, 15) is 45.5 Å². The third-order valence-electron chi connectivity index (χ3n) is 10.1. The Morgan fingerprint density at radius 1 is 0.569 bits per heavy atom. The molecule has 4 amide bonds. The first-order valence-electron chi connectivity index (χ1n) is 20.1. The van der Waals surface area contributed by atoms with Gasteiger partial charge in [-0.15, -0.1) is 0 Å². The minimum Gasteiger partial charge on any atom is -0.497 e. The lowest BCUT2D eigenvalue weighted by Gasteiger charge is -2.28. The van der Waals surface area contributed by atoms with Gasteiger partial charge in [-0.05, 0) is 96.1 Å². The standard InChI is InChI=1S/C46H44F6N6O6S/c1-63-37-11-7-35(8-12-37)55(17-15-47)45(61)39(23-29-19-31(49)25-32(50)20-29)53-43(59)27-57-41-5-3-4-6-42(41)58(65-57)28-44(60)54-40(24-30-21-33(51)26-34(52)22-30)46(62)56(18-16-48)36-9-13-38(64-2)14-10-36/h3-14,19-22,25-26,39-40H,15-18,23-24,27-28H2,1-2H3,(H,53,59)(H,54,60)/t39-,40-/m0/s1. The molecular weight excluding hydrogens is 879 g/mol. The van der Waals surface area contributed by atoms with Crippen molar-refractivity contribution in [1.82, 2.24) is 10.6 Å². The molecule has 0 aliphatic carbocycles. The van der Waals surface area contributed by atoms with E-state index < -0.39 is 98.5 Å². The molecule has 0 aromatic heterocycles. The highest BCUT2D eigenvalue weighted by Gasteiger charge is 2.34. The quantitative estimate of drug-likeness (QED) is 0.0634. The topological polar surface area (TPSA) is 124 Å². The van der Waals surface area contributed by atoms with E-state index in [1.54, 1.807) is 48.5 Å². The first-order chi connectivity index (χ1) is 31.3. The second-order valence-electron chi connectivity index (χ2n) is 14.6. The molecule has 1 aliphatic rings. The summed E-state index contributed by atoms with van der Waals surface area (Å²) in [4.78, 5) is 58.3. The van der Waals surface area contributed by atoms with E-state index in [2.05, 4.69) is 10.6 Å². The molecule has 0 spiro atoms. The molecule has 65 heavy (non-hydrogen) atoms. The Hall–Kier alpha value is -6.89. The van der Waals surface area contributed by atoms with Gasteiger partial charge in [-0.1, -0.05) is 12.1 Å². The van der Waals surface area contributed by atoms with Crippen LogP contribution in [0.15, 0.2) is 109 Å². The fraction of sp³-hybridized carbons (Fsp3) is 0.261. The number of hydrogen-bond donors (Lipinski definition) is 2. The first kappa shape index (κ1) is 47.6. The number of rotatable bonds is 20. The van der Waals surface area contributed by atoms with Crippen LogP contribution in [-0.4, -0.2) is 89.5 Å². The second kappa shape index (κ2) is 22.1. The number of ether oxygens (including phenoxy) is 2. The van der Waals surface area contributed by atoms with Crippen LogP contribution in [0.2, 0.25) is 0 Å². The highest BCUT2D eigenvalue weighted by atomic mass is 32.2. The molecule has 5 aromatic carbocycles. The van der Waals surface area contributed by atoms with Gasteiger partial charge in [0.15, 0.2) is 0 Å². The highest BCUT2D eigenvalue weighted by molar-refractivity contribution is 8.02. The zero-order chi connectivity index (χ0) is 46.6. The van der Waals surface area contributed by atoms with Gasteiger partial charge in [-0.25, -0.2) is 26.3 Å². The molecule has 0 unspecified atom stereocenters. The summed E-state index contributed by atoms with van der Waals surface area (Å²) in [5.41, 5.74) is 1.60. The summed E-state index contributed by atoms with van der Waals surface area (Å²) in [5.74, 6) is -5.66. The van der Waals surface area contributed by atoms with Crippen molar-refractivity contribution in [2.24, 2.45) is 0 Å². The number of anilines is 4. The summed E-state index contributed by atoms with van der Waals surface area (Å²) in [5, 5.41) is 5.31. The van der Waals surface area contributed by atoms with E-state index in [1.165, 1.54) is 47.1 Å². The van der Waals surface area contributed by atoms with Crippen molar-refractivity contribution >= 4 is 58.5 Å². The number of hydrogen-bond acceptors (Lipinski definition) is 9. The van der Waals surface area contributed by atoms with Crippen LogP contribution in [0.25, 0.3) is 0 Å². The van der Waals surface area contributed by atoms with Crippen LogP contribution in [0.3, 0.4) is 0 Å².